The number of imidazole rings is 2. The number of carboxylic acids is 2. The third-order valence-electron chi connectivity index (χ3n) is 7.84. The summed E-state index contributed by atoms with van der Waals surface area (Å²) in [6, 6.07) is 14.0. The van der Waals surface area contributed by atoms with E-state index >= 15 is 0 Å². The van der Waals surface area contributed by atoms with Gasteiger partial charge in [-0.2, -0.15) is 19.9 Å². The Hall–Kier alpha value is -6.72. The minimum absolute atomic E-state index is 0.0822. The van der Waals surface area contributed by atoms with Crippen molar-refractivity contribution in [2.75, 3.05) is 24.7 Å². The first kappa shape index (κ1) is 37.5. The van der Waals surface area contributed by atoms with E-state index in [1.165, 1.54) is 9.13 Å². The van der Waals surface area contributed by atoms with Crippen molar-refractivity contribution in [3.05, 3.63) is 86.2 Å². The Morgan fingerprint density at radius 1 is 0.717 bits per heavy atom. The number of anilines is 2. The highest BCUT2D eigenvalue weighted by Gasteiger charge is 2.17. The van der Waals surface area contributed by atoms with Crippen LogP contribution in [0.2, 0.25) is 0 Å². The maximum Gasteiger partial charge on any atom is 0.332 e. The number of aromatic amines is 2. The standard InChI is InChI=1S/C18H21N5O4.C17H19N5O4/c1-2-3-7-27-17-21-15(19)14-16(22-17)23(18(26)20-14)10-12-6-4-5-11(8-12)9-13(24)25;1-2-3-7-26-16-20-14(18)13-15(21-16)22(17(25)19-13)11-6-4-5-10(8-11)9-12(23)24/h4-6,8H,2-3,7,9-10H2,1H3,(H,20,26)(H,24,25)(H2,19,21,22);4-6,8H,2-3,7,9H2,1H3,(H,19,25)(H,23,24)(H2,18,20,21). The molecule has 0 atom stereocenters. The third-order valence-corrected chi connectivity index (χ3v) is 7.84. The van der Waals surface area contributed by atoms with Gasteiger partial charge in [-0.25, -0.2) is 14.2 Å². The lowest BCUT2D eigenvalue weighted by Gasteiger charge is -2.07. The van der Waals surface area contributed by atoms with Crippen molar-refractivity contribution in [1.82, 2.24) is 39.0 Å². The summed E-state index contributed by atoms with van der Waals surface area (Å²) in [5.74, 6) is -1.61. The smallest absolute Gasteiger partial charge is 0.332 e. The third kappa shape index (κ3) is 9.34. The average molecular weight is 729 g/mol. The fourth-order valence-corrected chi connectivity index (χ4v) is 5.32. The number of nitrogens with one attached hydrogen (secondary N) is 2. The van der Waals surface area contributed by atoms with E-state index in [1.54, 1.807) is 42.5 Å². The van der Waals surface area contributed by atoms with Crippen molar-refractivity contribution in [1.29, 1.82) is 0 Å². The number of carbonyl (C=O) groups is 2. The quantitative estimate of drug-likeness (QED) is 0.0830. The molecule has 53 heavy (non-hydrogen) atoms. The predicted molar refractivity (Wildman–Crippen MR) is 195 cm³/mol. The lowest BCUT2D eigenvalue weighted by molar-refractivity contribution is -0.137. The Balaban J connectivity index is 0.000000204. The van der Waals surface area contributed by atoms with E-state index in [9.17, 15) is 19.2 Å². The van der Waals surface area contributed by atoms with E-state index < -0.39 is 17.6 Å². The van der Waals surface area contributed by atoms with Crippen LogP contribution < -0.4 is 32.3 Å². The van der Waals surface area contributed by atoms with Gasteiger partial charge in [0, 0.05) is 0 Å². The zero-order chi connectivity index (χ0) is 38.1. The molecule has 278 valence electrons. The summed E-state index contributed by atoms with van der Waals surface area (Å²) in [4.78, 5) is 68.7. The molecule has 0 bridgehead atoms. The number of nitrogens with two attached hydrogens (primary N) is 2. The Kier molecular flexibility index (Phi) is 12.0. The highest BCUT2D eigenvalue weighted by Crippen LogP contribution is 2.22. The van der Waals surface area contributed by atoms with Gasteiger partial charge in [0.25, 0.3) is 0 Å². The predicted octanol–water partition coefficient (Wildman–Crippen LogP) is 3.05. The Labute approximate surface area is 301 Å². The molecule has 0 unspecified atom stereocenters. The van der Waals surface area contributed by atoms with E-state index in [0.717, 1.165) is 31.2 Å². The van der Waals surface area contributed by atoms with E-state index in [0.29, 0.717) is 46.7 Å². The first-order valence-corrected chi connectivity index (χ1v) is 16.9. The van der Waals surface area contributed by atoms with Crippen molar-refractivity contribution < 1.29 is 29.3 Å². The molecular formula is C35H40N10O8. The lowest BCUT2D eigenvalue weighted by atomic mass is 10.1. The molecule has 18 nitrogen and oxygen atoms in total. The summed E-state index contributed by atoms with van der Waals surface area (Å²) in [5.41, 5.74) is 14.8. The minimum Gasteiger partial charge on any atom is -0.481 e. The molecule has 0 spiro atoms. The van der Waals surface area contributed by atoms with E-state index in [4.69, 9.17) is 31.2 Å². The highest BCUT2D eigenvalue weighted by molar-refractivity contribution is 5.83. The van der Waals surface area contributed by atoms with Crippen molar-refractivity contribution >= 4 is 45.9 Å². The fraction of sp³-hybridized carbons (Fsp3) is 0.314. The number of nitrogen functional groups attached to an aromatic ring is 2. The Morgan fingerprint density at radius 3 is 1.81 bits per heavy atom. The minimum atomic E-state index is -0.952. The van der Waals surface area contributed by atoms with Crippen LogP contribution in [-0.4, -0.2) is 74.4 Å². The topological polar surface area (TPSA) is 272 Å². The number of nitrogens with zero attached hydrogens (tertiary/aromatic N) is 6. The summed E-state index contributed by atoms with van der Waals surface area (Å²) in [6.45, 7) is 5.22. The van der Waals surface area contributed by atoms with Crippen LogP contribution in [-0.2, 0) is 29.0 Å². The van der Waals surface area contributed by atoms with Crippen LogP contribution in [0, 0.1) is 0 Å². The van der Waals surface area contributed by atoms with Gasteiger partial charge < -0.3 is 41.1 Å². The average Bonchev–Trinajstić information content (AvgIpc) is 3.61. The number of rotatable bonds is 15. The van der Waals surface area contributed by atoms with Gasteiger partial charge in [0.1, 0.15) is 11.0 Å². The molecule has 2 aromatic carbocycles. The van der Waals surface area contributed by atoms with Crippen molar-refractivity contribution in [2.45, 2.75) is 58.9 Å². The normalized spacial score (nSPS) is 11.0. The van der Waals surface area contributed by atoms with Crippen LogP contribution in [0.1, 0.15) is 56.2 Å². The van der Waals surface area contributed by atoms with Crippen LogP contribution >= 0.6 is 0 Å². The van der Waals surface area contributed by atoms with Gasteiger partial charge in [-0.1, -0.05) is 63.1 Å². The number of carboxylic acid groups (broad SMARTS) is 2. The summed E-state index contributed by atoms with van der Waals surface area (Å²) in [6.07, 6.45) is 3.41. The van der Waals surface area contributed by atoms with Gasteiger partial charge in [0.15, 0.2) is 22.9 Å². The molecule has 6 aromatic rings. The maximum absolute atomic E-state index is 12.4. The van der Waals surface area contributed by atoms with Crippen LogP contribution in [0.3, 0.4) is 0 Å². The second-order valence-electron chi connectivity index (χ2n) is 12.0. The van der Waals surface area contributed by atoms with Gasteiger partial charge in [-0.3, -0.25) is 14.2 Å². The zero-order valence-corrected chi connectivity index (χ0v) is 29.2. The van der Waals surface area contributed by atoms with Crippen LogP contribution in [0.4, 0.5) is 11.6 Å². The summed E-state index contributed by atoms with van der Waals surface area (Å²) < 4.78 is 13.8. The second-order valence-corrected chi connectivity index (χ2v) is 12.0. The number of aromatic nitrogens is 8. The fourth-order valence-electron chi connectivity index (χ4n) is 5.32. The molecule has 6 rings (SSSR count). The molecule has 0 saturated heterocycles. The molecule has 0 amide bonds. The molecule has 0 aliphatic carbocycles. The van der Waals surface area contributed by atoms with Gasteiger partial charge in [-0.05, 0) is 41.7 Å². The monoisotopic (exact) mass is 728 g/mol. The van der Waals surface area contributed by atoms with Crippen LogP contribution in [0.15, 0.2) is 58.1 Å². The number of aliphatic carboxylic acids is 2. The van der Waals surface area contributed by atoms with Gasteiger partial charge in [-0.15, -0.1) is 0 Å². The summed E-state index contributed by atoms with van der Waals surface area (Å²) in [7, 11) is 0. The molecule has 8 N–H and O–H groups in total. The molecule has 18 heteroatoms. The first-order valence-electron chi connectivity index (χ1n) is 16.9. The van der Waals surface area contributed by atoms with Crippen LogP contribution in [0.25, 0.3) is 28.0 Å². The van der Waals surface area contributed by atoms with Crippen molar-refractivity contribution in [3.8, 4) is 17.7 Å². The van der Waals surface area contributed by atoms with Crippen molar-refractivity contribution in [2.24, 2.45) is 0 Å². The zero-order valence-electron chi connectivity index (χ0n) is 29.2. The van der Waals surface area contributed by atoms with E-state index in [1.807, 2.05) is 19.9 Å². The number of unbranched alkanes of at least 4 members (excludes halogenated alkanes) is 2. The molecule has 0 radical (unpaired) electrons. The Bertz CT molecular complexity index is 2360. The maximum atomic E-state index is 12.4. The number of hydrogen-bond donors (Lipinski definition) is 6. The summed E-state index contributed by atoms with van der Waals surface area (Å²) >= 11 is 0. The number of fused-ring (bicyclic) bond motifs is 2. The molecule has 0 fully saturated rings. The molecule has 0 saturated carbocycles. The number of hydrogen-bond acceptors (Lipinski definition) is 12. The van der Waals surface area contributed by atoms with Crippen molar-refractivity contribution in [3.63, 3.8) is 0 Å². The molecule has 0 aliphatic rings. The Morgan fingerprint density at radius 2 is 1.23 bits per heavy atom. The van der Waals surface area contributed by atoms with Gasteiger partial charge >= 0.3 is 35.3 Å². The first-order chi connectivity index (χ1) is 25.5. The molecule has 4 aromatic heterocycles. The van der Waals surface area contributed by atoms with Gasteiger partial charge in [0.05, 0.1) is 38.3 Å². The van der Waals surface area contributed by atoms with E-state index in [2.05, 4.69) is 29.9 Å². The number of benzene rings is 2. The molecule has 0 aliphatic heterocycles. The SMILES string of the molecule is CCCCOc1nc(N)c2[nH]c(=O)n(-c3cccc(CC(=O)O)c3)c2n1.CCCCOc1nc(N)c2[nH]c(=O)n(Cc3cccc(CC(=O)O)c3)c2n1. The van der Waals surface area contributed by atoms with Crippen LogP contribution in [0.5, 0.6) is 12.0 Å². The van der Waals surface area contributed by atoms with E-state index in [-0.39, 0.29) is 54.4 Å². The number of H-pyrrole nitrogens is 2. The molecule has 4 heterocycles. The van der Waals surface area contributed by atoms with Gasteiger partial charge in [0.2, 0.25) is 0 Å². The lowest BCUT2D eigenvalue weighted by Crippen LogP contribution is -2.18. The summed E-state index contributed by atoms with van der Waals surface area (Å²) in [5, 5.41) is 17.9. The highest BCUT2D eigenvalue weighted by atomic mass is 16.5. The second kappa shape index (κ2) is 17.0. The number of ether oxygens (including phenoxy) is 2. The molecular weight excluding hydrogens is 688 g/mol. The largest absolute Gasteiger partial charge is 0.481 e.